The third kappa shape index (κ3) is 2.64. The van der Waals surface area contributed by atoms with Crippen molar-refractivity contribution >= 4 is 35.4 Å². The van der Waals surface area contributed by atoms with E-state index >= 15 is 0 Å². The fraction of sp³-hybridized carbons (Fsp3) is 0. The number of thiophene rings is 1. The van der Waals surface area contributed by atoms with Gasteiger partial charge in [-0.05, 0) is 11.4 Å². The fourth-order valence-corrected chi connectivity index (χ4v) is 1.56. The molecule has 0 unspecified atom stereocenters. The van der Waals surface area contributed by atoms with Crippen molar-refractivity contribution in [3.05, 3.63) is 22.4 Å². The molecule has 0 spiro atoms. The molecule has 5 N–H and O–H groups in total. The minimum absolute atomic E-state index is 0.0568. The van der Waals surface area contributed by atoms with E-state index in [-0.39, 0.29) is 17.8 Å². The van der Waals surface area contributed by atoms with E-state index in [9.17, 15) is 0 Å². The van der Waals surface area contributed by atoms with Gasteiger partial charge in [-0.1, -0.05) is 6.07 Å². The summed E-state index contributed by atoms with van der Waals surface area (Å²) in [5, 5.41) is 5.90. The van der Waals surface area contributed by atoms with Crippen LogP contribution in [0, 0.1) is 0 Å². The third-order valence-electron chi connectivity index (χ3n) is 1.57. The standard InChI is InChI=1S/C8H9N7S/c9-6-12-7(10)14-8(13-6)15-11-4-5-2-1-3-16-5/h1-4H,(H5,9,10,12,13,14,15)/b11-4-. The van der Waals surface area contributed by atoms with E-state index in [1.165, 1.54) is 0 Å². The van der Waals surface area contributed by atoms with Crippen LogP contribution < -0.4 is 16.9 Å². The van der Waals surface area contributed by atoms with E-state index in [0.29, 0.717) is 0 Å². The Balaban J connectivity index is 2.04. The van der Waals surface area contributed by atoms with Crippen LogP contribution in [0.15, 0.2) is 22.6 Å². The Hall–Kier alpha value is -2.22. The molecule has 0 aliphatic heterocycles. The molecule has 0 atom stereocenters. The van der Waals surface area contributed by atoms with E-state index < -0.39 is 0 Å². The van der Waals surface area contributed by atoms with Crippen LogP contribution in [0.2, 0.25) is 0 Å². The molecule has 16 heavy (non-hydrogen) atoms. The summed E-state index contributed by atoms with van der Waals surface area (Å²) >= 11 is 1.57. The average molecular weight is 235 g/mol. The quantitative estimate of drug-likeness (QED) is 0.528. The molecule has 2 aromatic rings. The SMILES string of the molecule is Nc1nc(N)nc(N/N=C\c2cccs2)n1. The number of anilines is 3. The molecule has 0 fully saturated rings. The highest BCUT2D eigenvalue weighted by molar-refractivity contribution is 7.11. The maximum Gasteiger partial charge on any atom is 0.250 e. The number of hydrazone groups is 1. The molecule has 0 saturated heterocycles. The van der Waals surface area contributed by atoms with Crippen LogP contribution in [0.1, 0.15) is 4.88 Å². The number of nitrogen functional groups attached to an aromatic ring is 2. The van der Waals surface area contributed by atoms with E-state index in [0.717, 1.165) is 4.88 Å². The van der Waals surface area contributed by atoms with Crippen molar-refractivity contribution in [1.29, 1.82) is 0 Å². The lowest BCUT2D eigenvalue weighted by molar-refractivity contribution is 1.06. The fourth-order valence-electron chi connectivity index (χ4n) is 0.978. The Bertz CT molecular complexity index is 473. The number of nitrogens with one attached hydrogen (secondary N) is 1. The minimum atomic E-state index is 0.0568. The van der Waals surface area contributed by atoms with Gasteiger partial charge in [-0.25, -0.2) is 5.43 Å². The zero-order valence-corrected chi connectivity index (χ0v) is 8.98. The molecule has 0 saturated carbocycles. The van der Waals surface area contributed by atoms with E-state index in [2.05, 4.69) is 25.5 Å². The molecule has 0 aromatic carbocycles. The summed E-state index contributed by atoms with van der Waals surface area (Å²) in [4.78, 5) is 12.3. The van der Waals surface area contributed by atoms with Crippen molar-refractivity contribution < 1.29 is 0 Å². The van der Waals surface area contributed by atoms with Crippen LogP contribution in [-0.4, -0.2) is 21.2 Å². The highest BCUT2D eigenvalue weighted by Crippen LogP contribution is 2.06. The van der Waals surface area contributed by atoms with Gasteiger partial charge in [-0.15, -0.1) is 11.3 Å². The Kier molecular flexibility index (Phi) is 2.92. The molecule has 7 nitrogen and oxygen atoms in total. The lowest BCUT2D eigenvalue weighted by Gasteiger charge is -1.99. The Labute approximate surface area is 95.2 Å². The van der Waals surface area contributed by atoms with Gasteiger partial charge in [0, 0.05) is 4.88 Å². The summed E-state index contributed by atoms with van der Waals surface area (Å²) in [5.41, 5.74) is 13.4. The van der Waals surface area contributed by atoms with Crippen molar-refractivity contribution in [2.24, 2.45) is 5.10 Å². The molecule has 2 rings (SSSR count). The van der Waals surface area contributed by atoms with Crippen LogP contribution in [0.4, 0.5) is 17.8 Å². The van der Waals surface area contributed by atoms with Gasteiger partial charge in [-0.2, -0.15) is 20.1 Å². The van der Waals surface area contributed by atoms with Gasteiger partial charge in [0.15, 0.2) is 0 Å². The topological polar surface area (TPSA) is 115 Å². The lowest BCUT2D eigenvalue weighted by Crippen LogP contribution is -2.06. The molecule has 8 heteroatoms. The highest BCUT2D eigenvalue weighted by Gasteiger charge is 1.99. The van der Waals surface area contributed by atoms with Gasteiger partial charge in [0.1, 0.15) is 0 Å². The molecule has 0 radical (unpaired) electrons. The molecular weight excluding hydrogens is 226 g/mol. The number of rotatable bonds is 3. The van der Waals surface area contributed by atoms with Crippen molar-refractivity contribution in [1.82, 2.24) is 15.0 Å². The van der Waals surface area contributed by atoms with Gasteiger partial charge < -0.3 is 11.5 Å². The van der Waals surface area contributed by atoms with Gasteiger partial charge >= 0.3 is 0 Å². The van der Waals surface area contributed by atoms with Crippen LogP contribution >= 0.6 is 11.3 Å². The van der Waals surface area contributed by atoms with Gasteiger partial charge in [0.05, 0.1) is 6.21 Å². The molecule has 0 amide bonds. The van der Waals surface area contributed by atoms with E-state index in [1.807, 2.05) is 17.5 Å². The number of hydrogen-bond acceptors (Lipinski definition) is 8. The number of hydrogen-bond donors (Lipinski definition) is 3. The second-order valence-electron chi connectivity index (χ2n) is 2.76. The first-order chi connectivity index (χ1) is 7.74. The molecule has 2 aromatic heterocycles. The first-order valence-corrected chi connectivity index (χ1v) is 5.21. The Morgan fingerprint density at radius 3 is 2.62 bits per heavy atom. The smallest absolute Gasteiger partial charge is 0.250 e. The van der Waals surface area contributed by atoms with Crippen LogP contribution in [-0.2, 0) is 0 Å². The lowest BCUT2D eigenvalue weighted by atomic mass is 10.5. The summed E-state index contributed by atoms with van der Waals surface area (Å²) in [6, 6.07) is 3.87. The molecule has 82 valence electrons. The minimum Gasteiger partial charge on any atom is -0.368 e. The summed E-state index contributed by atoms with van der Waals surface area (Å²) < 4.78 is 0. The number of nitrogens with zero attached hydrogens (tertiary/aromatic N) is 4. The monoisotopic (exact) mass is 235 g/mol. The van der Waals surface area contributed by atoms with Crippen molar-refractivity contribution in [2.75, 3.05) is 16.9 Å². The van der Waals surface area contributed by atoms with Crippen LogP contribution in [0.5, 0.6) is 0 Å². The van der Waals surface area contributed by atoms with Crippen LogP contribution in [0.3, 0.4) is 0 Å². The van der Waals surface area contributed by atoms with Gasteiger partial charge in [-0.3, -0.25) is 0 Å². The first-order valence-electron chi connectivity index (χ1n) is 4.33. The third-order valence-corrected chi connectivity index (χ3v) is 2.38. The predicted octanol–water partition coefficient (Wildman–Crippen LogP) is 0.543. The summed E-state index contributed by atoms with van der Waals surface area (Å²) in [6.45, 7) is 0. The largest absolute Gasteiger partial charge is 0.368 e. The Morgan fingerprint density at radius 2 is 2.00 bits per heavy atom. The zero-order chi connectivity index (χ0) is 11.4. The first kappa shape index (κ1) is 10.3. The summed E-state index contributed by atoms with van der Waals surface area (Å²) in [7, 11) is 0. The number of aromatic nitrogens is 3. The molecule has 0 aliphatic rings. The zero-order valence-electron chi connectivity index (χ0n) is 8.16. The molecule has 0 aliphatic carbocycles. The maximum atomic E-state index is 5.39. The summed E-state index contributed by atoms with van der Waals surface area (Å²) in [5.74, 6) is 0.334. The highest BCUT2D eigenvalue weighted by atomic mass is 32.1. The molecular formula is C8H9N7S. The number of nitrogens with two attached hydrogens (primary N) is 2. The van der Waals surface area contributed by atoms with Crippen molar-refractivity contribution in [2.45, 2.75) is 0 Å². The van der Waals surface area contributed by atoms with E-state index in [1.54, 1.807) is 17.6 Å². The average Bonchev–Trinajstić information content (AvgIpc) is 2.69. The summed E-state index contributed by atoms with van der Waals surface area (Å²) in [6.07, 6.45) is 1.65. The molecule has 2 heterocycles. The van der Waals surface area contributed by atoms with Crippen LogP contribution in [0.25, 0.3) is 0 Å². The predicted molar refractivity (Wildman–Crippen MR) is 64.2 cm³/mol. The van der Waals surface area contributed by atoms with Crippen molar-refractivity contribution in [3.63, 3.8) is 0 Å². The maximum absolute atomic E-state index is 5.39. The second-order valence-corrected chi connectivity index (χ2v) is 3.74. The van der Waals surface area contributed by atoms with Gasteiger partial charge in [0.2, 0.25) is 17.8 Å². The van der Waals surface area contributed by atoms with E-state index in [4.69, 9.17) is 11.5 Å². The van der Waals surface area contributed by atoms with Crippen molar-refractivity contribution in [3.8, 4) is 0 Å². The Morgan fingerprint density at radius 1 is 1.25 bits per heavy atom. The van der Waals surface area contributed by atoms with Gasteiger partial charge in [0.25, 0.3) is 0 Å². The second kappa shape index (κ2) is 4.53. The normalized spacial score (nSPS) is 10.8. The molecule has 0 bridgehead atoms.